The lowest BCUT2D eigenvalue weighted by Crippen LogP contribution is -2.37. The summed E-state index contributed by atoms with van der Waals surface area (Å²) in [7, 11) is 0. The van der Waals surface area contributed by atoms with Crippen molar-refractivity contribution >= 4 is 23.4 Å². The maximum absolute atomic E-state index is 11.5. The summed E-state index contributed by atoms with van der Waals surface area (Å²) in [4.78, 5) is 25.4. The van der Waals surface area contributed by atoms with Gasteiger partial charge in [0.2, 0.25) is 0 Å². The van der Waals surface area contributed by atoms with Gasteiger partial charge in [-0.1, -0.05) is 11.6 Å². The van der Waals surface area contributed by atoms with Crippen LogP contribution in [0.3, 0.4) is 0 Å². The van der Waals surface area contributed by atoms with Gasteiger partial charge in [-0.25, -0.2) is 4.79 Å². The number of aromatic amines is 1. The summed E-state index contributed by atoms with van der Waals surface area (Å²) in [5.41, 5.74) is -0.721. The molecule has 1 aromatic heterocycles. The van der Waals surface area contributed by atoms with Crippen molar-refractivity contribution in [1.82, 2.24) is 9.55 Å². The Morgan fingerprint density at radius 2 is 2.36 bits per heavy atom. The molecule has 6 heteroatoms. The van der Waals surface area contributed by atoms with E-state index in [1.807, 2.05) is 0 Å². The Balaban J connectivity index is 2.52. The van der Waals surface area contributed by atoms with Gasteiger partial charge in [-0.15, -0.1) is 0 Å². The topological polar surface area (TPSA) is 54.9 Å². The fraction of sp³-hybridized carbons (Fsp3) is 0.500. The van der Waals surface area contributed by atoms with Crippen LogP contribution in [0.5, 0.6) is 0 Å². The molecule has 1 aromatic rings. The van der Waals surface area contributed by atoms with Crippen LogP contribution in [-0.2, 0) is 0 Å². The molecule has 0 saturated carbocycles. The zero-order chi connectivity index (χ0) is 10.1. The van der Waals surface area contributed by atoms with Crippen LogP contribution >= 0.6 is 23.4 Å². The highest BCUT2D eigenvalue weighted by molar-refractivity contribution is 7.99. The van der Waals surface area contributed by atoms with Crippen molar-refractivity contribution < 1.29 is 0 Å². The number of H-pyrrole nitrogens is 1. The molecule has 1 aliphatic heterocycles. The number of thioether (sulfide) groups is 1. The molecule has 0 aliphatic carbocycles. The van der Waals surface area contributed by atoms with Crippen LogP contribution in [0.2, 0.25) is 5.15 Å². The van der Waals surface area contributed by atoms with Crippen LogP contribution in [0.4, 0.5) is 0 Å². The van der Waals surface area contributed by atoms with E-state index in [1.165, 1.54) is 10.6 Å². The molecule has 0 bridgehead atoms. The van der Waals surface area contributed by atoms with E-state index in [0.717, 1.165) is 17.9 Å². The van der Waals surface area contributed by atoms with Crippen molar-refractivity contribution in [3.63, 3.8) is 0 Å². The molecule has 76 valence electrons. The first-order valence-electron chi connectivity index (χ1n) is 4.27. The summed E-state index contributed by atoms with van der Waals surface area (Å²) in [6.07, 6.45) is 0.870. The highest BCUT2D eigenvalue weighted by atomic mass is 35.5. The van der Waals surface area contributed by atoms with Crippen molar-refractivity contribution in [2.75, 3.05) is 11.5 Å². The van der Waals surface area contributed by atoms with Gasteiger partial charge in [-0.3, -0.25) is 14.3 Å². The minimum atomic E-state index is -0.407. The molecule has 0 amide bonds. The first-order chi connectivity index (χ1) is 6.68. The third-order valence-corrected chi connectivity index (χ3v) is 3.55. The maximum Gasteiger partial charge on any atom is 0.329 e. The molecule has 1 unspecified atom stereocenters. The second-order valence-electron chi connectivity index (χ2n) is 3.15. The molecule has 1 fully saturated rings. The van der Waals surface area contributed by atoms with Crippen LogP contribution in [0.25, 0.3) is 0 Å². The van der Waals surface area contributed by atoms with Gasteiger partial charge < -0.3 is 0 Å². The lowest BCUT2D eigenvalue weighted by molar-refractivity contribution is 0.514. The number of nitrogens with one attached hydrogen (secondary N) is 1. The number of nitrogens with zero attached hydrogens (tertiary/aromatic N) is 1. The number of halogens is 1. The monoisotopic (exact) mass is 232 g/mol. The summed E-state index contributed by atoms with van der Waals surface area (Å²) < 4.78 is 1.26. The Morgan fingerprint density at radius 1 is 1.57 bits per heavy atom. The first-order valence-corrected chi connectivity index (χ1v) is 5.81. The van der Waals surface area contributed by atoms with Gasteiger partial charge >= 0.3 is 5.69 Å². The Bertz CT molecular complexity index is 416. The maximum atomic E-state index is 11.5. The van der Waals surface area contributed by atoms with Crippen LogP contribution < -0.4 is 11.2 Å². The van der Waals surface area contributed by atoms with E-state index in [1.54, 1.807) is 11.8 Å². The van der Waals surface area contributed by atoms with E-state index >= 15 is 0 Å². The van der Waals surface area contributed by atoms with E-state index in [9.17, 15) is 9.59 Å². The molecule has 1 saturated heterocycles. The van der Waals surface area contributed by atoms with Crippen LogP contribution in [0, 0.1) is 0 Å². The molecular formula is C8H9ClN2O2S. The first kappa shape index (κ1) is 9.86. The van der Waals surface area contributed by atoms with Crippen molar-refractivity contribution in [3.05, 3.63) is 32.1 Å². The minimum absolute atomic E-state index is 0.0218. The number of rotatable bonds is 1. The van der Waals surface area contributed by atoms with Crippen molar-refractivity contribution in [1.29, 1.82) is 0 Å². The summed E-state index contributed by atoms with van der Waals surface area (Å²) in [5.74, 6) is 1.82. The van der Waals surface area contributed by atoms with Gasteiger partial charge in [0.15, 0.2) is 0 Å². The van der Waals surface area contributed by atoms with Gasteiger partial charge in [0, 0.05) is 11.8 Å². The Kier molecular flexibility index (Phi) is 2.69. The summed E-state index contributed by atoms with van der Waals surface area (Å²) in [6, 6.07) is 1.26. The van der Waals surface area contributed by atoms with Crippen molar-refractivity contribution in [2.45, 2.75) is 12.5 Å². The van der Waals surface area contributed by atoms with Gasteiger partial charge in [0.25, 0.3) is 5.56 Å². The zero-order valence-electron chi connectivity index (χ0n) is 7.33. The predicted octanol–water partition coefficient (Wildman–Crippen LogP) is 0.868. The summed E-state index contributed by atoms with van der Waals surface area (Å²) in [6.45, 7) is 0. The lowest BCUT2D eigenvalue weighted by Gasteiger charge is -2.10. The fourth-order valence-electron chi connectivity index (χ4n) is 1.55. The molecule has 0 spiro atoms. The van der Waals surface area contributed by atoms with Gasteiger partial charge in [-0.05, 0) is 12.2 Å². The van der Waals surface area contributed by atoms with Crippen molar-refractivity contribution in [2.24, 2.45) is 0 Å². The molecule has 2 rings (SSSR count). The van der Waals surface area contributed by atoms with E-state index in [0.29, 0.717) is 0 Å². The third-order valence-electron chi connectivity index (χ3n) is 2.20. The van der Waals surface area contributed by atoms with E-state index in [4.69, 9.17) is 11.6 Å². The lowest BCUT2D eigenvalue weighted by atomic mass is 10.2. The Morgan fingerprint density at radius 3 is 2.93 bits per heavy atom. The molecule has 14 heavy (non-hydrogen) atoms. The summed E-state index contributed by atoms with van der Waals surface area (Å²) in [5, 5.41) is 0.0990. The average molecular weight is 233 g/mol. The molecule has 0 radical (unpaired) electrons. The second kappa shape index (κ2) is 3.82. The van der Waals surface area contributed by atoms with E-state index in [-0.39, 0.29) is 16.8 Å². The molecular weight excluding hydrogens is 224 g/mol. The van der Waals surface area contributed by atoms with Crippen LogP contribution in [-0.4, -0.2) is 21.1 Å². The molecule has 1 aliphatic rings. The van der Waals surface area contributed by atoms with Crippen LogP contribution in [0.15, 0.2) is 15.7 Å². The highest BCUT2D eigenvalue weighted by Crippen LogP contribution is 2.25. The van der Waals surface area contributed by atoms with Gasteiger partial charge in [0.05, 0.1) is 6.04 Å². The second-order valence-corrected chi connectivity index (χ2v) is 4.71. The molecule has 1 atom stereocenters. The molecule has 1 N–H and O–H groups in total. The predicted molar refractivity (Wildman–Crippen MR) is 57.3 cm³/mol. The minimum Gasteiger partial charge on any atom is -0.298 e. The number of aromatic nitrogens is 2. The largest absolute Gasteiger partial charge is 0.329 e. The van der Waals surface area contributed by atoms with Crippen LogP contribution in [0.1, 0.15) is 12.5 Å². The fourth-order valence-corrected chi connectivity index (χ4v) is 2.92. The van der Waals surface area contributed by atoms with E-state index < -0.39 is 5.69 Å². The molecule has 2 heterocycles. The molecule has 4 nitrogen and oxygen atoms in total. The normalized spacial score (nSPS) is 21.4. The zero-order valence-corrected chi connectivity index (χ0v) is 8.90. The van der Waals surface area contributed by atoms with E-state index in [2.05, 4.69) is 4.98 Å². The quantitative estimate of drug-likeness (QED) is 0.731. The smallest absolute Gasteiger partial charge is 0.298 e. The third kappa shape index (κ3) is 1.74. The van der Waals surface area contributed by atoms with Crippen molar-refractivity contribution in [3.8, 4) is 0 Å². The van der Waals surface area contributed by atoms with Gasteiger partial charge in [0.1, 0.15) is 5.15 Å². The summed E-state index contributed by atoms with van der Waals surface area (Å²) >= 11 is 7.31. The molecule has 0 aromatic carbocycles. The Hall–Kier alpha value is -0.680. The highest BCUT2D eigenvalue weighted by Gasteiger charge is 2.20. The average Bonchev–Trinajstić information content (AvgIpc) is 2.54. The standard InChI is InChI=1S/C8H9ClN2O2S/c9-6-3-7(12)11(8(13)10-6)5-1-2-14-4-5/h3,5H,1-2,4H2,(H,10,13). The SMILES string of the molecule is O=c1cc(Cl)[nH]c(=O)n1C1CCSC1. The number of hydrogen-bond acceptors (Lipinski definition) is 3. The van der Waals surface area contributed by atoms with Gasteiger partial charge in [-0.2, -0.15) is 11.8 Å². The number of hydrogen-bond donors (Lipinski definition) is 1. The Labute approximate surface area is 89.3 Å².